The molecule has 47 heavy (non-hydrogen) atoms. The highest BCUT2D eigenvalue weighted by atomic mass is 16.4. The van der Waals surface area contributed by atoms with Gasteiger partial charge in [0, 0.05) is 23.7 Å². The van der Waals surface area contributed by atoms with Gasteiger partial charge >= 0.3 is 29.8 Å². The lowest BCUT2D eigenvalue weighted by Crippen LogP contribution is -2.32. The largest absolute Gasteiger partial charge is 0.481 e. The summed E-state index contributed by atoms with van der Waals surface area (Å²) < 4.78 is 0. The Morgan fingerprint density at radius 3 is 1.06 bits per heavy atom. The molecule has 2 aromatic carbocycles. The molecule has 0 atom stereocenters. The van der Waals surface area contributed by atoms with Gasteiger partial charge in [-0.15, -0.1) is 0 Å². The monoisotopic (exact) mass is 672 g/mol. The van der Waals surface area contributed by atoms with Crippen molar-refractivity contribution in [3.8, 4) is 0 Å². The van der Waals surface area contributed by atoms with E-state index in [1.807, 2.05) is 6.92 Å². The number of carbonyl (C=O) groups is 5. The van der Waals surface area contributed by atoms with Crippen LogP contribution in [0.15, 0.2) is 54.6 Å². The number of aromatic carboxylic acids is 3. The highest BCUT2D eigenvalue weighted by Crippen LogP contribution is 2.18. The molecule has 2 aromatic rings. The molecular weight excluding hydrogens is 624 g/mol. The third-order valence-corrected chi connectivity index (χ3v) is 6.02. The Morgan fingerprint density at radius 1 is 0.532 bits per heavy atom. The number of benzene rings is 2. The molecule has 0 aliphatic heterocycles. The summed E-state index contributed by atoms with van der Waals surface area (Å²) in [6, 6.07) is 13.5. The number of hydrogen-bond acceptors (Lipinski definition) is 10. The van der Waals surface area contributed by atoms with Gasteiger partial charge in [0.2, 0.25) is 0 Å². The SMILES string of the molecule is CC(C)(CO)CO.CCC(CO)(CO)CO.O=C(O)CCCCC(=O)O.O=C(O)c1cccc(C(=O)O)c1.O=C(O)c1ccccc1. The lowest BCUT2D eigenvalue weighted by atomic mass is 9.88. The maximum absolute atomic E-state index is 10.4. The number of aliphatic carboxylic acids is 2. The summed E-state index contributed by atoms with van der Waals surface area (Å²) in [5.74, 6) is -4.87. The number of carboxylic acid groups (broad SMARTS) is 5. The summed E-state index contributed by atoms with van der Waals surface area (Å²) in [5, 5.41) is 84.5. The van der Waals surface area contributed by atoms with Crippen molar-refractivity contribution in [3.05, 3.63) is 71.3 Å². The second-order valence-corrected chi connectivity index (χ2v) is 10.7. The minimum Gasteiger partial charge on any atom is -0.481 e. The van der Waals surface area contributed by atoms with Crippen molar-refractivity contribution >= 4 is 29.8 Å². The van der Waals surface area contributed by atoms with E-state index in [0.29, 0.717) is 24.8 Å². The first kappa shape index (κ1) is 47.0. The summed E-state index contributed by atoms with van der Waals surface area (Å²) in [4.78, 5) is 50.8. The molecule has 0 unspecified atom stereocenters. The number of unbranched alkanes of at least 4 members (excludes halogenated alkanes) is 1. The molecule has 0 amide bonds. The fraction of sp³-hybridized carbons (Fsp3) is 0.469. The number of rotatable bonds is 14. The fourth-order valence-electron chi connectivity index (χ4n) is 2.45. The van der Waals surface area contributed by atoms with E-state index in [0.717, 1.165) is 6.07 Å². The molecule has 0 aliphatic carbocycles. The third-order valence-electron chi connectivity index (χ3n) is 6.02. The molecule has 10 N–H and O–H groups in total. The maximum Gasteiger partial charge on any atom is 0.335 e. The summed E-state index contributed by atoms with van der Waals surface area (Å²) in [6.45, 7) is 5.04. The van der Waals surface area contributed by atoms with Gasteiger partial charge in [-0.1, -0.05) is 45.0 Å². The lowest BCUT2D eigenvalue weighted by Gasteiger charge is -2.24. The zero-order valence-electron chi connectivity index (χ0n) is 26.8. The number of carboxylic acids is 5. The predicted octanol–water partition coefficient (Wildman–Crippen LogP) is 2.54. The van der Waals surface area contributed by atoms with Gasteiger partial charge in [-0.05, 0) is 49.6 Å². The van der Waals surface area contributed by atoms with Crippen LogP contribution in [0.4, 0.5) is 0 Å². The fourth-order valence-corrected chi connectivity index (χ4v) is 2.45. The Morgan fingerprint density at radius 2 is 0.872 bits per heavy atom. The molecule has 15 heteroatoms. The quantitative estimate of drug-likeness (QED) is 0.129. The predicted molar refractivity (Wildman–Crippen MR) is 169 cm³/mol. The van der Waals surface area contributed by atoms with Crippen LogP contribution >= 0.6 is 0 Å². The molecule has 0 heterocycles. The van der Waals surface area contributed by atoms with E-state index >= 15 is 0 Å². The maximum atomic E-state index is 10.4. The smallest absolute Gasteiger partial charge is 0.335 e. The molecular formula is C32H48O15. The molecule has 0 aromatic heterocycles. The van der Waals surface area contributed by atoms with Gasteiger partial charge in [-0.2, -0.15) is 0 Å². The van der Waals surface area contributed by atoms with Crippen molar-refractivity contribution in [2.24, 2.45) is 10.8 Å². The van der Waals surface area contributed by atoms with Crippen LogP contribution in [0, 0.1) is 10.8 Å². The standard InChI is InChI=1S/C8H6O4.C7H6O2.C6H10O4.C6H14O3.C5H12O2/c9-7(10)5-2-1-3-6(4-5)8(11)12;8-7(9)6-4-2-1-3-5-6;7-5(8)3-1-2-4-6(9)10;1-2-6(3-7,4-8)5-9;1-5(2,3-6)4-7/h1-4H,(H,9,10)(H,11,12);1-5H,(H,8,9);1-4H2,(H,7,8)(H,9,10);7-9H,2-5H2,1H3;6-7H,3-4H2,1-2H3. The van der Waals surface area contributed by atoms with Crippen molar-refractivity contribution in [2.75, 3.05) is 33.0 Å². The Balaban J connectivity index is -0.000000521. The van der Waals surface area contributed by atoms with E-state index in [1.54, 1.807) is 44.2 Å². The molecule has 0 radical (unpaired) electrons. The van der Waals surface area contributed by atoms with E-state index in [4.69, 9.17) is 51.1 Å². The molecule has 0 fully saturated rings. The summed E-state index contributed by atoms with van der Waals surface area (Å²) >= 11 is 0. The molecule has 0 spiro atoms. The van der Waals surface area contributed by atoms with Crippen LogP contribution in [0.5, 0.6) is 0 Å². The lowest BCUT2D eigenvalue weighted by molar-refractivity contribution is -0.139. The Bertz CT molecular complexity index is 1110. The highest BCUT2D eigenvalue weighted by molar-refractivity contribution is 5.93. The number of hydrogen-bond donors (Lipinski definition) is 10. The second kappa shape index (κ2) is 26.8. The minimum atomic E-state index is -1.13. The van der Waals surface area contributed by atoms with Crippen molar-refractivity contribution in [2.45, 2.75) is 52.9 Å². The molecule has 0 saturated heterocycles. The molecule has 0 bridgehead atoms. The van der Waals surface area contributed by atoms with Gasteiger partial charge in [0.15, 0.2) is 0 Å². The van der Waals surface area contributed by atoms with Crippen LogP contribution in [0.1, 0.15) is 83.9 Å². The van der Waals surface area contributed by atoms with Crippen LogP contribution in [-0.2, 0) is 9.59 Å². The summed E-state index contributed by atoms with van der Waals surface area (Å²) in [7, 11) is 0. The first-order valence-corrected chi connectivity index (χ1v) is 14.2. The highest BCUT2D eigenvalue weighted by Gasteiger charge is 2.24. The van der Waals surface area contributed by atoms with Crippen molar-refractivity contribution in [3.63, 3.8) is 0 Å². The number of aliphatic hydroxyl groups excluding tert-OH is 5. The Kier molecular flexibility index (Phi) is 26.8. The average molecular weight is 673 g/mol. The topological polar surface area (TPSA) is 288 Å². The molecule has 266 valence electrons. The van der Waals surface area contributed by atoms with Gasteiger partial charge in [0.25, 0.3) is 0 Å². The van der Waals surface area contributed by atoms with E-state index in [-0.39, 0.29) is 62.4 Å². The van der Waals surface area contributed by atoms with Crippen LogP contribution in [0.25, 0.3) is 0 Å². The minimum absolute atomic E-state index is 0.0186. The van der Waals surface area contributed by atoms with Crippen molar-refractivity contribution < 1.29 is 75.0 Å². The molecule has 2 rings (SSSR count). The van der Waals surface area contributed by atoms with Crippen LogP contribution in [0.2, 0.25) is 0 Å². The zero-order chi connectivity index (χ0) is 37.1. The molecule has 15 nitrogen and oxygen atoms in total. The van der Waals surface area contributed by atoms with Gasteiger partial charge in [0.05, 0.1) is 49.7 Å². The second-order valence-electron chi connectivity index (χ2n) is 10.7. The van der Waals surface area contributed by atoms with Gasteiger partial charge in [0.1, 0.15) is 0 Å². The normalized spacial score (nSPS) is 10.1. The van der Waals surface area contributed by atoms with Gasteiger partial charge < -0.3 is 51.1 Å². The van der Waals surface area contributed by atoms with Crippen LogP contribution in [-0.4, -0.2) is 114 Å². The van der Waals surface area contributed by atoms with Gasteiger partial charge in [-0.25, -0.2) is 14.4 Å². The van der Waals surface area contributed by atoms with E-state index in [1.165, 1.54) is 18.2 Å². The average Bonchev–Trinajstić information content (AvgIpc) is 3.06. The first-order valence-electron chi connectivity index (χ1n) is 14.2. The van der Waals surface area contributed by atoms with Crippen LogP contribution in [0.3, 0.4) is 0 Å². The number of aliphatic hydroxyl groups is 5. The molecule has 0 aliphatic rings. The first-order chi connectivity index (χ1) is 21.9. The zero-order valence-corrected chi connectivity index (χ0v) is 26.8. The van der Waals surface area contributed by atoms with Crippen molar-refractivity contribution in [1.29, 1.82) is 0 Å². The van der Waals surface area contributed by atoms with Crippen LogP contribution < -0.4 is 0 Å². The summed E-state index contributed by atoms with van der Waals surface area (Å²) in [5.41, 5.74) is -0.678. The Hall–Kier alpha value is -4.41. The summed E-state index contributed by atoms with van der Waals surface area (Å²) in [6.07, 6.45) is 1.61. The van der Waals surface area contributed by atoms with E-state index in [2.05, 4.69) is 0 Å². The van der Waals surface area contributed by atoms with E-state index in [9.17, 15) is 24.0 Å². The van der Waals surface area contributed by atoms with Gasteiger partial charge in [-0.3, -0.25) is 9.59 Å². The Labute approximate surface area is 273 Å². The molecule has 0 saturated carbocycles. The van der Waals surface area contributed by atoms with Crippen molar-refractivity contribution in [1.82, 2.24) is 0 Å². The third kappa shape index (κ3) is 25.5. The van der Waals surface area contributed by atoms with E-state index < -0.39 is 35.3 Å².